The summed E-state index contributed by atoms with van der Waals surface area (Å²) in [6, 6.07) is 11.3. The number of carbonyl (C=O) groups is 4. The van der Waals surface area contributed by atoms with Crippen molar-refractivity contribution in [2.45, 2.75) is 135 Å². The molecule has 1 saturated carbocycles. The van der Waals surface area contributed by atoms with Gasteiger partial charge >= 0.3 is 12.2 Å². The number of imidazole rings is 2. The average molecular weight is 833 g/mol. The predicted molar refractivity (Wildman–Crippen MR) is 231 cm³/mol. The second-order valence-corrected chi connectivity index (χ2v) is 18.2. The number of methoxy groups -OCH3 is 2. The molecule has 2 aromatic carbocycles. The van der Waals surface area contributed by atoms with E-state index in [1.807, 2.05) is 56.8 Å². The van der Waals surface area contributed by atoms with Crippen LogP contribution in [0.1, 0.15) is 133 Å². The summed E-state index contributed by atoms with van der Waals surface area (Å²) in [5.41, 5.74) is 9.30. The van der Waals surface area contributed by atoms with Crippen molar-refractivity contribution in [1.29, 1.82) is 0 Å². The molecule has 2 aromatic heterocycles. The predicted octanol–water partition coefficient (Wildman–Crippen LogP) is 8.36. The molecule has 4 aromatic rings. The third-order valence-electron chi connectivity index (χ3n) is 13.8. The van der Waals surface area contributed by atoms with Gasteiger partial charge in [0.05, 0.1) is 50.1 Å². The van der Waals surface area contributed by atoms with Crippen LogP contribution in [0, 0.1) is 11.8 Å². The third kappa shape index (κ3) is 7.78. The summed E-state index contributed by atoms with van der Waals surface area (Å²) >= 11 is 0. The van der Waals surface area contributed by atoms with E-state index in [0.29, 0.717) is 11.8 Å². The SMILES string of the molecule is COC(=O)NC(C(=O)N1C(C)CCC1c1ncc(-c2ccc(-c3ccc(-c4cnc(C5CCC(C)N5C(=O)C(NC(=O)OC)C(C)C)[nH]4)c4c3C3CCC4C3)cc2)[nH]1)C(C)C. The maximum atomic E-state index is 14.0. The Labute approximate surface area is 358 Å². The number of aromatic amines is 2. The van der Waals surface area contributed by atoms with E-state index < -0.39 is 24.3 Å². The standard InChI is InChI=1S/C47H60N8O6/c1-24(2)40(52-46(58)60-7)44(56)54-26(5)9-19-36(54)42-48-22-34(50-42)29-13-11-28(12-14-29)32-17-18-33(39-31-16-15-30(21-31)38(32)39)35-23-49-43(51-35)37-20-10-27(6)55(37)45(57)41(25(3)4)53-47(59)61-8/h11-14,17-18,22-27,30-31,36-37,40-41H,9-10,15-16,19-21H2,1-8H3,(H,48,50)(H,49,51)(H,52,58)(H,53,59). The first-order valence-electron chi connectivity index (χ1n) is 22.0. The fraction of sp³-hybridized carbons (Fsp3) is 0.532. The Kier molecular flexibility index (Phi) is 11.7. The van der Waals surface area contributed by atoms with Gasteiger partial charge in [0.25, 0.3) is 0 Å². The van der Waals surface area contributed by atoms with Gasteiger partial charge in [-0.25, -0.2) is 19.6 Å². The number of hydrogen-bond donors (Lipinski definition) is 4. The number of nitrogens with one attached hydrogen (secondary N) is 4. The van der Waals surface area contributed by atoms with Crippen LogP contribution in [0.5, 0.6) is 0 Å². The van der Waals surface area contributed by atoms with Crippen molar-refractivity contribution in [3.05, 3.63) is 71.6 Å². The van der Waals surface area contributed by atoms with Gasteiger partial charge in [0.2, 0.25) is 11.8 Å². The first-order valence-corrected chi connectivity index (χ1v) is 22.0. The van der Waals surface area contributed by atoms with Crippen LogP contribution >= 0.6 is 0 Å². The molecule has 0 spiro atoms. The van der Waals surface area contributed by atoms with Crippen molar-refractivity contribution in [3.63, 3.8) is 0 Å². The number of carbonyl (C=O) groups excluding carboxylic acids is 4. The summed E-state index contributed by atoms with van der Waals surface area (Å²) in [7, 11) is 2.61. The number of ether oxygens (including phenoxy) is 2. The molecule has 8 atom stereocenters. The molecule has 8 unspecified atom stereocenters. The molecular weight excluding hydrogens is 773 g/mol. The zero-order valence-corrected chi connectivity index (χ0v) is 36.6. The van der Waals surface area contributed by atoms with Crippen molar-refractivity contribution in [1.82, 2.24) is 40.4 Å². The lowest BCUT2D eigenvalue weighted by Crippen LogP contribution is -2.52. The van der Waals surface area contributed by atoms with Gasteiger partial charge in [-0.1, -0.05) is 64.1 Å². The highest BCUT2D eigenvalue weighted by Gasteiger charge is 2.44. The van der Waals surface area contributed by atoms with Gasteiger partial charge < -0.3 is 39.9 Å². The van der Waals surface area contributed by atoms with Crippen molar-refractivity contribution in [2.75, 3.05) is 14.2 Å². The van der Waals surface area contributed by atoms with Gasteiger partial charge in [0.1, 0.15) is 23.7 Å². The molecule has 4 N–H and O–H groups in total. The quantitative estimate of drug-likeness (QED) is 0.117. The van der Waals surface area contributed by atoms with Crippen LogP contribution in [-0.2, 0) is 19.1 Å². The van der Waals surface area contributed by atoms with Gasteiger partial charge in [0, 0.05) is 17.6 Å². The van der Waals surface area contributed by atoms with E-state index >= 15 is 0 Å². The number of alkyl carbamates (subject to hydrolysis) is 2. The Morgan fingerprint density at radius 1 is 0.623 bits per heavy atom. The number of benzene rings is 2. The summed E-state index contributed by atoms with van der Waals surface area (Å²) in [4.78, 5) is 72.7. The summed E-state index contributed by atoms with van der Waals surface area (Å²) in [5.74, 6) is 2.01. The van der Waals surface area contributed by atoms with Crippen LogP contribution in [0.25, 0.3) is 33.6 Å². The Hall–Kier alpha value is -5.66. The highest BCUT2D eigenvalue weighted by molar-refractivity contribution is 5.88. The molecule has 4 aliphatic rings. The number of aromatic nitrogens is 4. The van der Waals surface area contributed by atoms with Gasteiger partial charge in [0.15, 0.2) is 0 Å². The average Bonchev–Trinajstić information content (AvgIpc) is 4.12. The van der Waals surface area contributed by atoms with E-state index in [9.17, 15) is 19.2 Å². The number of H-pyrrole nitrogens is 2. The summed E-state index contributed by atoms with van der Waals surface area (Å²) in [6.45, 7) is 11.8. The van der Waals surface area contributed by atoms with E-state index in [1.54, 1.807) is 0 Å². The lowest BCUT2D eigenvalue weighted by Gasteiger charge is -2.33. The minimum absolute atomic E-state index is 0.00252. The molecule has 8 rings (SSSR count). The molecule has 3 fully saturated rings. The van der Waals surface area contributed by atoms with Gasteiger partial charge in [-0.2, -0.15) is 0 Å². The fourth-order valence-electron chi connectivity index (χ4n) is 10.6. The maximum Gasteiger partial charge on any atom is 0.407 e. The van der Waals surface area contributed by atoms with Crippen LogP contribution in [0.2, 0.25) is 0 Å². The van der Waals surface area contributed by atoms with Crippen LogP contribution in [-0.4, -0.2) is 92.1 Å². The topological polar surface area (TPSA) is 175 Å². The van der Waals surface area contributed by atoms with E-state index in [-0.39, 0.29) is 47.8 Å². The van der Waals surface area contributed by atoms with Gasteiger partial charge in [-0.05, 0) is 110 Å². The number of likely N-dealkylation sites (tertiary alicyclic amines) is 2. The van der Waals surface area contributed by atoms with Crippen molar-refractivity contribution >= 4 is 24.0 Å². The molecule has 2 bridgehead atoms. The lowest BCUT2D eigenvalue weighted by atomic mass is 9.82. The smallest absolute Gasteiger partial charge is 0.407 e. The molecule has 2 saturated heterocycles. The molecule has 14 nitrogen and oxygen atoms in total. The van der Waals surface area contributed by atoms with Crippen molar-refractivity contribution in [3.8, 4) is 33.6 Å². The molecule has 14 heteroatoms. The molecule has 4 amide bonds. The largest absolute Gasteiger partial charge is 0.453 e. The fourth-order valence-corrected chi connectivity index (χ4v) is 10.6. The lowest BCUT2D eigenvalue weighted by molar-refractivity contribution is -0.138. The molecule has 2 aliphatic heterocycles. The molecule has 4 heterocycles. The zero-order valence-electron chi connectivity index (χ0n) is 36.6. The minimum Gasteiger partial charge on any atom is -0.453 e. The summed E-state index contributed by atoms with van der Waals surface area (Å²) in [6.07, 6.45) is 9.28. The Bertz CT molecular complexity index is 2280. The van der Waals surface area contributed by atoms with Crippen LogP contribution in [0.15, 0.2) is 48.8 Å². The van der Waals surface area contributed by atoms with E-state index in [1.165, 1.54) is 49.3 Å². The first-order chi connectivity index (χ1) is 29.3. The molecule has 324 valence electrons. The summed E-state index contributed by atoms with van der Waals surface area (Å²) < 4.78 is 9.65. The zero-order chi connectivity index (χ0) is 43.3. The van der Waals surface area contributed by atoms with E-state index in [4.69, 9.17) is 19.4 Å². The Balaban J connectivity index is 1.03. The van der Waals surface area contributed by atoms with Crippen molar-refractivity contribution < 1.29 is 28.7 Å². The normalized spacial score (nSPS) is 24.0. The second-order valence-electron chi connectivity index (χ2n) is 18.2. The monoisotopic (exact) mass is 832 g/mol. The van der Waals surface area contributed by atoms with Crippen molar-refractivity contribution in [2.24, 2.45) is 11.8 Å². The Morgan fingerprint density at radius 3 is 1.56 bits per heavy atom. The number of rotatable bonds is 11. The number of fused-ring (bicyclic) bond motifs is 5. The molecule has 61 heavy (non-hydrogen) atoms. The third-order valence-corrected chi connectivity index (χ3v) is 13.8. The first kappa shape index (κ1) is 42.0. The van der Waals surface area contributed by atoms with Crippen LogP contribution in [0.4, 0.5) is 9.59 Å². The molecular formula is C47H60N8O6. The maximum absolute atomic E-state index is 14.0. The van der Waals surface area contributed by atoms with E-state index in [0.717, 1.165) is 66.3 Å². The number of hydrogen-bond acceptors (Lipinski definition) is 8. The minimum atomic E-state index is -0.703. The Morgan fingerprint density at radius 2 is 1.07 bits per heavy atom. The summed E-state index contributed by atoms with van der Waals surface area (Å²) in [5, 5.41) is 5.49. The number of amides is 4. The van der Waals surface area contributed by atoms with Crippen LogP contribution < -0.4 is 10.6 Å². The highest BCUT2D eigenvalue weighted by Crippen LogP contribution is 2.58. The molecule has 2 aliphatic carbocycles. The van der Waals surface area contributed by atoms with Crippen LogP contribution in [0.3, 0.4) is 0 Å². The highest BCUT2D eigenvalue weighted by atomic mass is 16.5. The second kappa shape index (κ2) is 17.0. The van der Waals surface area contributed by atoms with Gasteiger partial charge in [-0.3, -0.25) is 9.59 Å². The van der Waals surface area contributed by atoms with E-state index in [2.05, 4.69) is 63.9 Å². The van der Waals surface area contributed by atoms with Gasteiger partial charge in [-0.15, -0.1) is 0 Å². The molecule has 0 radical (unpaired) electrons. The number of nitrogens with zero attached hydrogens (tertiary/aromatic N) is 4.